The number of fused-ring (bicyclic) bond motifs is 5. The summed E-state index contributed by atoms with van der Waals surface area (Å²) >= 11 is 0. The fraction of sp³-hybridized carbons (Fsp3) is 0.467. The topological polar surface area (TPSA) is 123 Å². The number of hydrogen-bond donors (Lipinski definition) is 3. The van der Waals surface area contributed by atoms with Gasteiger partial charge in [0.15, 0.2) is 5.60 Å². The number of ether oxygens (including phenoxy) is 1. The molecule has 40 heavy (non-hydrogen) atoms. The molecule has 7 rings (SSSR count). The number of aromatic nitrogens is 2. The van der Waals surface area contributed by atoms with Gasteiger partial charge in [-0.25, -0.2) is 14.2 Å². The third kappa shape index (κ3) is 3.51. The highest BCUT2D eigenvalue weighted by Gasteiger charge is 2.46. The molecule has 2 aromatic heterocycles. The van der Waals surface area contributed by atoms with E-state index in [1.165, 1.54) is 6.07 Å². The Kier molecular flexibility index (Phi) is 5.66. The lowest BCUT2D eigenvalue weighted by molar-refractivity contribution is -0.172. The van der Waals surface area contributed by atoms with Crippen LogP contribution in [0.25, 0.3) is 22.3 Å². The van der Waals surface area contributed by atoms with Crippen LogP contribution < -0.4 is 16.2 Å². The molecule has 3 N–H and O–H groups in total. The molecule has 9 nitrogen and oxygen atoms in total. The summed E-state index contributed by atoms with van der Waals surface area (Å²) in [5, 5.41) is 18.6. The zero-order chi connectivity index (χ0) is 27.9. The molecule has 0 radical (unpaired) electrons. The van der Waals surface area contributed by atoms with E-state index in [-0.39, 0.29) is 54.0 Å². The average Bonchev–Trinajstić information content (AvgIpc) is 3.58. The molecule has 4 aliphatic rings. The van der Waals surface area contributed by atoms with Crippen LogP contribution in [0, 0.1) is 18.7 Å². The van der Waals surface area contributed by atoms with E-state index in [0.29, 0.717) is 47.6 Å². The summed E-state index contributed by atoms with van der Waals surface area (Å²) in [5.74, 6) is -0.853. The van der Waals surface area contributed by atoms with Crippen LogP contribution in [0.2, 0.25) is 0 Å². The highest BCUT2D eigenvalue weighted by molar-refractivity contribution is 5.94. The Balaban J connectivity index is 1.41. The Hall–Kier alpha value is -3.63. The van der Waals surface area contributed by atoms with Crippen LogP contribution in [0.15, 0.2) is 16.9 Å². The fourth-order valence-corrected chi connectivity index (χ4v) is 7.10. The molecule has 0 saturated carbocycles. The number of esters is 1. The van der Waals surface area contributed by atoms with Gasteiger partial charge in [0.1, 0.15) is 12.4 Å². The molecule has 10 heteroatoms. The molecule has 208 valence electrons. The Bertz CT molecular complexity index is 1690. The normalized spacial score (nSPS) is 24.4. The number of carbonyl (C=O) groups is 2. The standard InChI is InChI=1S/C30H31FN4O5/c1-3-30(39)19-9-23-27-17(12-35(23)28(37)18(19)13-40-29(30)38)26-21(33-24(36)8-15-6-7-32-11-15)5-4-16-14(2)20(31)10-22(34-27)25(16)26/h9-10,15,21,32,39H,3-8,11-13H2,1-2H3,(H,33,36)/t15-,21+,30+/m1/s1. The number of halogens is 1. The Morgan fingerprint density at radius 3 is 2.85 bits per heavy atom. The highest BCUT2D eigenvalue weighted by Crippen LogP contribution is 2.46. The van der Waals surface area contributed by atoms with Gasteiger partial charge in [0.25, 0.3) is 5.56 Å². The molecular formula is C30H31FN4O5. The van der Waals surface area contributed by atoms with E-state index in [1.54, 1.807) is 24.5 Å². The predicted molar refractivity (Wildman–Crippen MR) is 144 cm³/mol. The summed E-state index contributed by atoms with van der Waals surface area (Å²) in [6.45, 7) is 5.18. The Morgan fingerprint density at radius 2 is 2.10 bits per heavy atom. The van der Waals surface area contributed by atoms with Crippen molar-refractivity contribution in [2.24, 2.45) is 5.92 Å². The van der Waals surface area contributed by atoms with E-state index in [9.17, 15) is 19.5 Å². The molecule has 1 aliphatic carbocycles. The van der Waals surface area contributed by atoms with E-state index >= 15 is 4.39 Å². The number of cyclic esters (lactones) is 1. The van der Waals surface area contributed by atoms with Gasteiger partial charge in [0, 0.05) is 29.0 Å². The number of hydrogen-bond acceptors (Lipinski definition) is 7. The lowest BCUT2D eigenvalue weighted by Gasteiger charge is -2.31. The second kappa shape index (κ2) is 8.94. The van der Waals surface area contributed by atoms with Gasteiger partial charge < -0.3 is 25.0 Å². The molecular weight excluding hydrogens is 515 g/mol. The van der Waals surface area contributed by atoms with Crippen LogP contribution in [0.3, 0.4) is 0 Å². The lowest BCUT2D eigenvalue weighted by atomic mass is 9.81. The minimum absolute atomic E-state index is 0.0218. The molecule has 0 unspecified atom stereocenters. The number of nitrogens with one attached hydrogen (secondary N) is 2. The summed E-state index contributed by atoms with van der Waals surface area (Å²) in [7, 11) is 0. The van der Waals surface area contributed by atoms with E-state index in [2.05, 4.69) is 10.6 Å². The minimum atomic E-state index is -1.93. The van der Waals surface area contributed by atoms with Gasteiger partial charge in [-0.3, -0.25) is 9.59 Å². The molecule has 0 spiro atoms. The number of aryl methyl sites for hydroxylation is 1. The molecule has 5 heterocycles. The first-order chi connectivity index (χ1) is 19.2. The van der Waals surface area contributed by atoms with E-state index in [4.69, 9.17) is 9.72 Å². The van der Waals surface area contributed by atoms with Gasteiger partial charge in [0.05, 0.1) is 35.1 Å². The minimum Gasteiger partial charge on any atom is -0.458 e. The van der Waals surface area contributed by atoms with Crippen molar-refractivity contribution in [2.45, 2.75) is 70.7 Å². The maximum absolute atomic E-state index is 15.1. The number of rotatable bonds is 4. The highest BCUT2D eigenvalue weighted by atomic mass is 19.1. The van der Waals surface area contributed by atoms with Crippen molar-refractivity contribution in [3.8, 4) is 11.4 Å². The smallest absolute Gasteiger partial charge is 0.343 e. The maximum Gasteiger partial charge on any atom is 0.343 e. The van der Waals surface area contributed by atoms with Crippen LogP contribution in [-0.4, -0.2) is 39.6 Å². The third-order valence-electron chi connectivity index (χ3n) is 9.35. The number of nitrogens with zero attached hydrogens (tertiary/aromatic N) is 2. The summed E-state index contributed by atoms with van der Waals surface area (Å²) < 4.78 is 21.8. The van der Waals surface area contributed by atoms with Crippen molar-refractivity contribution in [2.75, 3.05) is 13.1 Å². The Morgan fingerprint density at radius 1 is 1.27 bits per heavy atom. The van der Waals surface area contributed by atoms with Crippen molar-refractivity contribution >= 4 is 22.8 Å². The zero-order valence-corrected chi connectivity index (χ0v) is 22.5. The fourth-order valence-electron chi connectivity index (χ4n) is 7.10. The monoisotopic (exact) mass is 546 g/mol. The van der Waals surface area contributed by atoms with Gasteiger partial charge in [-0.05, 0) is 74.4 Å². The SMILES string of the molecule is CC[C@@]1(O)C(=O)OCc2c1cc1n(c2=O)Cc2c-1nc1cc(F)c(C)c3c1c2[C@@H](NC(=O)C[C@H]1CCNC1)CC3. The second-order valence-corrected chi connectivity index (χ2v) is 11.5. The largest absolute Gasteiger partial charge is 0.458 e. The molecule has 1 saturated heterocycles. The molecule has 1 fully saturated rings. The van der Waals surface area contributed by atoms with Crippen molar-refractivity contribution in [1.82, 2.24) is 20.2 Å². The van der Waals surface area contributed by atoms with Gasteiger partial charge in [-0.2, -0.15) is 0 Å². The first kappa shape index (κ1) is 25.3. The molecule has 1 amide bonds. The summed E-state index contributed by atoms with van der Waals surface area (Å²) in [4.78, 5) is 44.3. The lowest BCUT2D eigenvalue weighted by Crippen LogP contribution is -2.44. The molecule has 1 aromatic carbocycles. The van der Waals surface area contributed by atoms with Crippen LogP contribution in [0.1, 0.15) is 72.0 Å². The second-order valence-electron chi connectivity index (χ2n) is 11.5. The first-order valence-corrected chi connectivity index (χ1v) is 14.0. The van der Waals surface area contributed by atoms with Crippen molar-refractivity contribution in [1.29, 1.82) is 0 Å². The van der Waals surface area contributed by atoms with Crippen LogP contribution in [0.5, 0.6) is 0 Å². The third-order valence-corrected chi connectivity index (χ3v) is 9.35. The number of pyridine rings is 2. The molecule has 3 atom stereocenters. The van der Waals surface area contributed by atoms with Gasteiger partial charge in [0.2, 0.25) is 5.91 Å². The van der Waals surface area contributed by atoms with E-state index in [1.807, 2.05) is 0 Å². The van der Waals surface area contributed by atoms with Gasteiger partial charge in [-0.1, -0.05) is 6.92 Å². The van der Waals surface area contributed by atoms with Crippen LogP contribution in [-0.2, 0) is 39.5 Å². The molecule has 3 aromatic rings. The van der Waals surface area contributed by atoms with E-state index < -0.39 is 11.6 Å². The van der Waals surface area contributed by atoms with Gasteiger partial charge >= 0.3 is 5.97 Å². The number of aliphatic hydroxyl groups is 1. The average molecular weight is 547 g/mol. The van der Waals surface area contributed by atoms with Crippen molar-refractivity contribution in [3.05, 3.63) is 61.7 Å². The summed E-state index contributed by atoms with van der Waals surface area (Å²) in [5.41, 5.74) is 2.77. The van der Waals surface area contributed by atoms with Crippen LogP contribution >= 0.6 is 0 Å². The van der Waals surface area contributed by atoms with Gasteiger partial charge in [-0.15, -0.1) is 0 Å². The number of carbonyl (C=O) groups excluding carboxylic acids is 2. The summed E-state index contributed by atoms with van der Waals surface area (Å²) in [6.07, 6.45) is 2.66. The Labute approximate surface area is 229 Å². The molecule has 3 aliphatic heterocycles. The maximum atomic E-state index is 15.1. The zero-order valence-electron chi connectivity index (χ0n) is 22.5. The van der Waals surface area contributed by atoms with Crippen molar-refractivity contribution < 1.29 is 23.8 Å². The van der Waals surface area contributed by atoms with E-state index in [0.717, 1.165) is 41.6 Å². The predicted octanol–water partition coefficient (Wildman–Crippen LogP) is 2.63. The molecule has 0 bridgehead atoms. The summed E-state index contributed by atoms with van der Waals surface area (Å²) in [6, 6.07) is 2.77. The first-order valence-electron chi connectivity index (χ1n) is 14.0. The number of amides is 1. The van der Waals surface area contributed by atoms with Crippen molar-refractivity contribution in [3.63, 3.8) is 0 Å². The number of benzene rings is 1. The van der Waals surface area contributed by atoms with Crippen LogP contribution in [0.4, 0.5) is 4.39 Å². The quantitative estimate of drug-likeness (QED) is 0.337.